The second-order valence-corrected chi connectivity index (χ2v) is 5.25. The van der Waals surface area contributed by atoms with Gasteiger partial charge in [-0.1, -0.05) is 44.9 Å². The van der Waals surface area contributed by atoms with Gasteiger partial charge in [-0.05, 0) is 31.9 Å². The zero-order valence-electron chi connectivity index (χ0n) is 13.7. The zero-order chi connectivity index (χ0) is 16.4. The maximum absolute atomic E-state index is 12.2. The first-order chi connectivity index (χ1) is 10.6. The lowest BCUT2D eigenvalue weighted by molar-refractivity contribution is -0.152. The summed E-state index contributed by atoms with van der Waals surface area (Å²) in [5, 5.41) is 0. The third kappa shape index (κ3) is 5.51. The molecule has 1 aromatic rings. The molecule has 0 aromatic heterocycles. The lowest BCUT2D eigenvalue weighted by atomic mass is 9.93. The fourth-order valence-electron chi connectivity index (χ4n) is 2.42. The van der Waals surface area contributed by atoms with Crippen molar-refractivity contribution in [3.05, 3.63) is 35.9 Å². The molecule has 0 radical (unpaired) electrons. The molecule has 0 N–H and O–H groups in total. The van der Waals surface area contributed by atoms with Gasteiger partial charge >= 0.3 is 11.9 Å². The van der Waals surface area contributed by atoms with Crippen LogP contribution in [0.25, 0.3) is 0 Å². The molecule has 4 nitrogen and oxygen atoms in total. The monoisotopic (exact) mass is 306 g/mol. The number of hydrogen-bond donors (Lipinski definition) is 0. The van der Waals surface area contributed by atoms with Crippen molar-refractivity contribution in [2.24, 2.45) is 5.92 Å². The first-order valence-corrected chi connectivity index (χ1v) is 8.06. The topological polar surface area (TPSA) is 52.6 Å². The molecule has 1 aromatic carbocycles. The Kier molecular flexibility index (Phi) is 8.26. The predicted octanol–water partition coefficient (Wildman–Crippen LogP) is 3.99. The van der Waals surface area contributed by atoms with E-state index in [0.717, 1.165) is 12.8 Å². The normalized spacial score (nSPS) is 13.2. The maximum atomic E-state index is 12.2. The molecule has 0 saturated heterocycles. The molecule has 0 bridgehead atoms. The van der Waals surface area contributed by atoms with Crippen molar-refractivity contribution in [3.8, 4) is 0 Å². The number of hydrogen-bond acceptors (Lipinski definition) is 4. The van der Waals surface area contributed by atoms with Crippen LogP contribution in [0.2, 0.25) is 0 Å². The van der Waals surface area contributed by atoms with Gasteiger partial charge in [-0.15, -0.1) is 0 Å². The Hall–Kier alpha value is -1.84. The molecule has 2 unspecified atom stereocenters. The summed E-state index contributed by atoms with van der Waals surface area (Å²) < 4.78 is 10.8. The van der Waals surface area contributed by atoms with Crippen LogP contribution in [-0.2, 0) is 14.3 Å². The maximum Gasteiger partial charge on any atom is 0.338 e. The van der Waals surface area contributed by atoms with Gasteiger partial charge in [0.15, 0.2) is 0 Å². The highest BCUT2D eigenvalue weighted by Crippen LogP contribution is 2.22. The smallest absolute Gasteiger partial charge is 0.338 e. The van der Waals surface area contributed by atoms with E-state index in [1.165, 1.54) is 0 Å². The summed E-state index contributed by atoms with van der Waals surface area (Å²) in [6.07, 6.45) is 2.56. The van der Waals surface area contributed by atoms with E-state index < -0.39 is 12.0 Å². The number of rotatable bonds is 9. The van der Waals surface area contributed by atoms with E-state index in [1.807, 2.05) is 19.9 Å². The highest BCUT2D eigenvalue weighted by atomic mass is 16.6. The lowest BCUT2D eigenvalue weighted by Gasteiger charge is -2.25. The van der Waals surface area contributed by atoms with Crippen LogP contribution in [0.15, 0.2) is 30.3 Å². The summed E-state index contributed by atoms with van der Waals surface area (Å²) in [7, 11) is 0. The highest BCUT2D eigenvalue weighted by Gasteiger charge is 2.31. The summed E-state index contributed by atoms with van der Waals surface area (Å²) in [5.74, 6) is -1.05. The van der Waals surface area contributed by atoms with Crippen molar-refractivity contribution >= 4 is 11.9 Å². The van der Waals surface area contributed by atoms with E-state index in [4.69, 9.17) is 9.47 Å². The third-order valence-corrected chi connectivity index (χ3v) is 3.48. The molecular formula is C18H26O4. The molecule has 4 heteroatoms. The minimum absolute atomic E-state index is 0.274. The molecule has 0 fully saturated rings. The summed E-state index contributed by atoms with van der Waals surface area (Å²) in [6, 6.07) is 8.86. The van der Waals surface area contributed by atoms with E-state index >= 15 is 0 Å². The Morgan fingerprint density at radius 1 is 1.00 bits per heavy atom. The summed E-state index contributed by atoms with van der Waals surface area (Å²) in [6.45, 7) is 6.14. The van der Waals surface area contributed by atoms with Crippen molar-refractivity contribution in [3.63, 3.8) is 0 Å². The molecule has 0 aliphatic heterocycles. The Balaban J connectivity index is 2.84. The number of esters is 2. The standard InChI is InChI=1S/C18H26O4/c1-4-10-15(18(20)21-6-3)16(11-5-2)22-17(19)14-12-8-7-9-13-14/h7-9,12-13,15-16H,4-6,10-11H2,1-3H3. The van der Waals surface area contributed by atoms with Crippen LogP contribution in [0.4, 0.5) is 0 Å². The first kappa shape index (κ1) is 18.2. The molecule has 0 aliphatic carbocycles. The SMILES string of the molecule is CCCC(OC(=O)c1ccccc1)C(CCC)C(=O)OCC. The van der Waals surface area contributed by atoms with Crippen LogP contribution in [0, 0.1) is 5.92 Å². The molecule has 0 amide bonds. The van der Waals surface area contributed by atoms with Crippen LogP contribution < -0.4 is 0 Å². The Morgan fingerprint density at radius 2 is 1.64 bits per heavy atom. The van der Waals surface area contributed by atoms with Crippen LogP contribution >= 0.6 is 0 Å². The highest BCUT2D eigenvalue weighted by molar-refractivity contribution is 5.89. The van der Waals surface area contributed by atoms with Gasteiger partial charge in [0, 0.05) is 0 Å². The molecule has 0 saturated carbocycles. The average Bonchev–Trinajstić information content (AvgIpc) is 2.53. The van der Waals surface area contributed by atoms with Crippen molar-refractivity contribution in [1.82, 2.24) is 0 Å². The van der Waals surface area contributed by atoms with Crippen molar-refractivity contribution < 1.29 is 19.1 Å². The first-order valence-electron chi connectivity index (χ1n) is 8.06. The average molecular weight is 306 g/mol. The molecule has 22 heavy (non-hydrogen) atoms. The fourth-order valence-corrected chi connectivity index (χ4v) is 2.42. The van der Waals surface area contributed by atoms with Gasteiger partial charge in [-0.2, -0.15) is 0 Å². The molecule has 122 valence electrons. The lowest BCUT2D eigenvalue weighted by Crippen LogP contribution is -2.34. The second kappa shape index (κ2) is 9.98. The van der Waals surface area contributed by atoms with E-state index in [2.05, 4.69) is 0 Å². The van der Waals surface area contributed by atoms with E-state index in [0.29, 0.717) is 25.0 Å². The molecule has 2 atom stereocenters. The molecule has 0 heterocycles. The number of benzene rings is 1. The second-order valence-electron chi connectivity index (χ2n) is 5.25. The Bertz CT molecular complexity index is 455. The summed E-state index contributed by atoms with van der Waals surface area (Å²) >= 11 is 0. The third-order valence-electron chi connectivity index (χ3n) is 3.48. The van der Waals surface area contributed by atoms with Crippen LogP contribution in [-0.4, -0.2) is 24.6 Å². The summed E-state index contributed by atoms with van der Waals surface area (Å²) in [5.41, 5.74) is 0.503. The van der Waals surface area contributed by atoms with Gasteiger partial charge in [0.05, 0.1) is 18.1 Å². The van der Waals surface area contributed by atoms with Gasteiger partial charge in [-0.25, -0.2) is 4.79 Å². The molecule has 1 rings (SSSR count). The van der Waals surface area contributed by atoms with Crippen LogP contribution in [0.3, 0.4) is 0 Å². The fraction of sp³-hybridized carbons (Fsp3) is 0.556. The molecule has 0 spiro atoms. The quantitative estimate of drug-likeness (QED) is 0.647. The zero-order valence-corrected chi connectivity index (χ0v) is 13.7. The number of carbonyl (C=O) groups excluding carboxylic acids is 2. The van der Waals surface area contributed by atoms with Gasteiger partial charge in [0.2, 0.25) is 0 Å². The van der Waals surface area contributed by atoms with Crippen molar-refractivity contribution in [2.75, 3.05) is 6.61 Å². The van der Waals surface area contributed by atoms with Gasteiger partial charge in [0.25, 0.3) is 0 Å². The van der Waals surface area contributed by atoms with Gasteiger partial charge in [0.1, 0.15) is 6.10 Å². The Labute approximate surface area is 132 Å². The van der Waals surface area contributed by atoms with E-state index in [9.17, 15) is 9.59 Å². The van der Waals surface area contributed by atoms with E-state index in [1.54, 1.807) is 31.2 Å². The Morgan fingerprint density at radius 3 is 2.18 bits per heavy atom. The summed E-state index contributed by atoms with van der Waals surface area (Å²) in [4.78, 5) is 24.4. The number of carbonyl (C=O) groups is 2. The molecule has 0 aliphatic rings. The molecular weight excluding hydrogens is 280 g/mol. The van der Waals surface area contributed by atoms with Crippen molar-refractivity contribution in [1.29, 1.82) is 0 Å². The number of ether oxygens (including phenoxy) is 2. The van der Waals surface area contributed by atoms with Crippen LogP contribution in [0.1, 0.15) is 56.8 Å². The van der Waals surface area contributed by atoms with Crippen LogP contribution in [0.5, 0.6) is 0 Å². The van der Waals surface area contributed by atoms with E-state index in [-0.39, 0.29) is 11.9 Å². The van der Waals surface area contributed by atoms with Gasteiger partial charge < -0.3 is 9.47 Å². The minimum Gasteiger partial charge on any atom is -0.466 e. The predicted molar refractivity (Wildman–Crippen MR) is 85.6 cm³/mol. The van der Waals surface area contributed by atoms with Crippen molar-refractivity contribution in [2.45, 2.75) is 52.6 Å². The largest absolute Gasteiger partial charge is 0.466 e. The van der Waals surface area contributed by atoms with Gasteiger partial charge in [-0.3, -0.25) is 4.79 Å². The minimum atomic E-state index is -0.434.